The zero-order valence-corrected chi connectivity index (χ0v) is 17.6. The summed E-state index contributed by atoms with van der Waals surface area (Å²) in [5.74, 6) is -0.544. The van der Waals surface area contributed by atoms with Crippen LogP contribution in [0.15, 0.2) is 36.1 Å². The van der Waals surface area contributed by atoms with Gasteiger partial charge in [0, 0.05) is 22.2 Å². The molecule has 7 heteroatoms. The van der Waals surface area contributed by atoms with Gasteiger partial charge in [-0.1, -0.05) is 30.2 Å². The Labute approximate surface area is 179 Å². The summed E-state index contributed by atoms with van der Waals surface area (Å²) in [5, 5.41) is 22.6. The highest BCUT2D eigenvalue weighted by molar-refractivity contribution is 6.34. The summed E-state index contributed by atoms with van der Waals surface area (Å²) in [6, 6.07) is 8.37. The molecule has 1 heterocycles. The van der Waals surface area contributed by atoms with Crippen LogP contribution in [0.1, 0.15) is 48.8 Å². The first-order chi connectivity index (χ1) is 14.2. The summed E-state index contributed by atoms with van der Waals surface area (Å²) in [6.45, 7) is 3.50. The quantitative estimate of drug-likeness (QED) is 0.365. The number of halogens is 1. The monoisotopic (exact) mass is 427 g/mol. The molecule has 0 bridgehead atoms. The van der Waals surface area contributed by atoms with Crippen LogP contribution in [-0.2, 0) is 9.53 Å². The Morgan fingerprint density at radius 3 is 2.43 bits per heavy atom. The standard InChI is InChI=1S/C23H22ClNO5/c1-13-6-7-15(11-19(13)25(28)29)17-10-14(2)16(12-18(17)24)20-21(26)23(30-22(20)27)8-4-3-5-9-23/h6-7,10-12,26H,3-5,8-9H2,1-2H3. The molecule has 0 saturated heterocycles. The minimum absolute atomic E-state index is 0.00918. The van der Waals surface area contributed by atoms with Crippen molar-refractivity contribution in [1.82, 2.24) is 0 Å². The molecule has 1 aliphatic heterocycles. The highest BCUT2D eigenvalue weighted by Gasteiger charge is 2.49. The fourth-order valence-corrected chi connectivity index (χ4v) is 4.72. The highest BCUT2D eigenvalue weighted by Crippen LogP contribution is 2.46. The molecule has 6 nitrogen and oxygen atoms in total. The minimum atomic E-state index is -0.917. The Balaban J connectivity index is 1.80. The van der Waals surface area contributed by atoms with E-state index in [-0.39, 0.29) is 17.0 Å². The predicted octanol–water partition coefficient (Wildman–Crippen LogP) is 6.06. The molecule has 30 heavy (non-hydrogen) atoms. The maximum Gasteiger partial charge on any atom is 0.343 e. The lowest BCUT2D eigenvalue weighted by Crippen LogP contribution is -2.34. The Hall–Kier alpha value is -2.86. The molecule has 1 fully saturated rings. The summed E-state index contributed by atoms with van der Waals surface area (Å²) in [7, 11) is 0. The topological polar surface area (TPSA) is 89.7 Å². The maximum atomic E-state index is 12.7. The maximum absolute atomic E-state index is 12.7. The van der Waals surface area contributed by atoms with Crippen LogP contribution in [0.25, 0.3) is 16.7 Å². The second kappa shape index (κ2) is 7.43. The van der Waals surface area contributed by atoms with Gasteiger partial charge in [0.2, 0.25) is 0 Å². The number of nitrogens with zero attached hydrogens (tertiary/aromatic N) is 1. The Morgan fingerprint density at radius 1 is 1.07 bits per heavy atom. The molecule has 0 aromatic heterocycles. The molecule has 156 valence electrons. The van der Waals surface area contributed by atoms with Crippen LogP contribution in [0, 0.1) is 24.0 Å². The number of rotatable bonds is 3. The molecule has 0 unspecified atom stereocenters. The third kappa shape index (κ3) is 3.25. The predicted molar refractivity (Wildman–Crippen MR) is 114 cm³/mol. The van der Waals surface area contributed by atoms with E-state index < -0.39 is 16.5 Å². The van der Waals surface area contributed by atoms with E-state index in [2.05, 4.69) is 0 Å². The number of nitro benzene ring substituents is 1. The molecule has 2 aromatic carbocycles. The van der Waals surface area contributed by atoms with E-state index in [1.807, 2.05) is 6.92 Å². The molecule has 0 atom stereocenters. The summed E-state index contributed by atoms with van der Waals surface area (Å²) in [6.07, 6.45) is 4.09. The van der Waals surface area contributed by atoms with Gasteiger partial charge in [0.25, 0.3) is 5.69 Å². The van der Waals surface area contributed by atoms with Crippen LogP contribution in [0.4, 0.5) is 5.69 Å². The number of ether oxygens (including phenoxy) is 1. The molecule has 1 aliphatic carbocycles. The van der Waals surface area contributed by atoms with E-state index in [1.165, 1.54) is 6.07 Å². The van der Waals surface area contributed by atoms with Gasteiger partial charge in [0.15, 0.2) is 11.4 Å². The van der Waals surface area contributed by atoms with Gasteiger partial charge in [-0.15, -0.1) is 0 Å². The van der Waals surface area contributed by atoms with Crippen LogP contribution >= 0.6 is 11.6 Å². The van der Waals surface area contributed by atoms with E-state index in [9.17, 15) is 20.0 Å². The van der Waals surface area contributed by atoms with Crippen molar-refractivity contribution in [3.63, 3.8) is 0 Å². The number of esters is 1. The summed E-state index contributed by atoms with van der Waals surface area (Å²) in [5.41, 5.74) is 2.32. The average Bonchev–Trinajstić information content (AvgIpc) is 2.93. The first kappa shape index (κ1) is 20.4. The largest absolute Gasteiger partial charge is 0.507 e. The number of aliphatic hydroxyl groups is 1. The van der Waals surface area contributed by atoms with Crippen molar-refractivity contribution in [2.45, 2.75) is 51.6 Å². The van der Waals surface area contributed by atoms with Gasteiger partial charge in [-0.05, 0) is 68.4 Å². The van der Waals surface area contributed by atoms with Crippen LogP contribution in [-0.4, -0.2) is 21.6 Å². The lowest BCUT2D eigenvalue weighted by atomic mass is 9.82. The third-order valence-corrected chi connectivity index (χ3v) is 6.43. The molecule has 0 amide bonds. The van der Waals surface area contributed by atoms with Crippen molar-refractivity contribution in [2.24, 2.45) is 0 Å². The number of carbonyl (C=O) groups excluding carboxylic acids is 1. The molecule has 2 aromatic rings. The zero-order chi connectivity index (χ0) is 21.6. The van der Waals surface area contributed by atoms with Gasteiger partial charge in [-0.25, -0.2) is 4.79 Å². The SMILES string of the molecule is Cc1cc(-c2ccc(C)c([N+](=O)[O-])c2)c(Cl)cc1C1=C(O)C2(CCCCC2)OC1=O. The smallest absolute Gasteiger partial charge is 0.343 e. The van der Waals surface area contributed by atoms with Crippen molar-refractivity contribution in [2.75, 3.05) is 0 Å². The van der Waals surface area contributed by atoms with Gasteiger partial charge in [0.05, 0.1) is 4.92 Å². The van der Waals surface area contributed by atoms with Gasteiger partial charge < -0.3 is 9.84 Å². The molecule has 1 N–H and O–H groups in total. The van der Waals surface area contributed by atoms with Gasteiger partial charge in [0.1, 0.15) is 5.57 Å². The van der Waals surface area contributed by atoms with E-state index >= 15 is 0 Å². The van der Waals surface area contributed by atoms with E-state index in [0.29, 0.717) is 40.1 Å². The molecule has 0 radical (unpaired) electrons. The number of hydrogen-bond acceptors (Lipinski definition) is 5. The summed E-state index contributed by atoms with van der Waals surface area (Å²) in [4.78, 5) is 23.5. The van der Waals surface area contributed by atoms with E-state index in [4.69, 9.17) is 16.3 Å². The van der Waals surface area contributed by atoms with Gasteiger partial charge >= 0.3 is 5.97 Å². The van der Waals surface area contributed by atoms with Crippen molar-refractivity contribution >= 4 is 28.8 Å². The zero-order valence-electron chi connectivity index (χ0n) is 16.8. The Bertz CT molecular complexity index is 1100. The second-order valence-electron chi connectivity index (χ2n) is 8.07. The van der Waals surface area contributed by atoms with Gasteiger partial charge in [-0.2, -0.15) is 0 Å². The van der Waals surface area contributed by atoms with E-state index in [0.717, 1.165) is 24.8 Å². The fraction of sp³-hybridized carbons (Fsp3) is 0.348. The van der Waals surface area contributed by atoms with Gasteiger partial charge in [-0.3, -0.25) is 10.1 Å². The lowest BCUT2D eigenvalue weighted by Gasteiger charge is -2.31. The average molecular weight is 428 g/mol. The summed E-state index contributed by atoms with van der Waals surface area (Å²) >= 11 is 6.53. The fourth-order valence-electron chi connectivity index (χ4n) is 4.45. The lowest BCUT2D eigenvalue weighted by molar-refractivity contribution is -0.385. The highest BCUT2D eigenvalue weighted by atomic mass is 35.5. The van der Waals surface area contributed by atoms with Crippen molar-refractivity contribution in [3.05, 3.63) is 67.9 Å². The van der Waals surface area contributed by atoms with Crippen molar-refractivity contribution in [3.8, 4) is 11.1 Å². The first-order valence-electron chi connectivity index (χ1n) is 9.96. The third-order valence-electron chi connectivity index (χ3n) is 6.12. The van der Waals surface area contributed by atoms with Crippen molar-refractivity contribution < 1.29 is 19.6 Å². The molecule has 4 rings (SSSR count). The van der Waals surface area contributed by atoms with Crippen LogP contribution in [0.5, 0.6) is 0 Å². The first-order valence-corrected chi connectivity index (χ1v) is 10.3. The number of benzene rings is 2. The molecular formula is C23H22ClNO5. The molecular weight excluding hydrogens is 406 g/mol. The van der Waals surface area contributed by atoms with Crippen molar-refractivity contribution in [1.29, 1.82) is 0 Å². The van der Waals surface area contributed by atoms with Crippen LogP contribution < -0.4 is 0 Å². The van der Waals surface area contributed by atoms with Crippen LogP contribution in [0.3, 0.4) is 0 Å². The summed E-state index contributed by atoms with van der Waals surface area (Å²) < 4.78 is 5.65. The normalized spacial score (nSPS) is 18.0. The Morgan fingerprint density at radius 2 is 1.77 bits per heavy atom. The number of hydrogen-bond donors (Lipinski definition) is 1. The molecule has 1 spiro atoms. The minimum Gasteiger partial charge on any atom is -0.507 e. The number of aliphatic hydroxyl groups excluding tert-OH is 1. The molecule has 1 saturated carbocycles. The second-order valence-corrected chi connectivity index (χ2v) is 8.48. The number of aryl methyl sites for hydroxylation is 2. The number of carbonyl (C=O) groups is 1. The Kier molecular flexibility index (Phi) is 5.06. The van der Waals surface area contributed by atoms with E-state index in [1.54, 1.807) is 31.2 Å². The molecule has 2 aliphatic rings. The van der Waals surface area contributed by atoms with Crippen LogP contribution in [0.2, 0.25) is 5.02 Å². The number of nitro groups is 1.